The van der Waals surface area contributed by atoms with Crippen molar-refractivity contribution < 1.29 is 14.7 Å². The second kappa shape index (κ2) is 7.73. The van der Waals surface area contributed by atoms with Crippen molar-refractivity contribution >= 4 is 17.4 Å². The summed E-state index contributed by atoms with van der Waals surface area (Å²) in [6, 6.07) is 8.63. The predicted molar refractivity (Wildman–Crippen MR) is 105 cm³/mol. The Labute approximate surface area is 155 Å². The van der Waals surface area contributed by atoms with E-state index in [1.165, 1.54) is 0 Å². The molecule has 26 heavy (non-hydrogen) atoms. The van der Waals surface area contributed by atoms with Crippen LogP contribution in [0.25, 0.3) is 0 Å². The van der Waals surface area contributed by atoms with E-state index in [9.17, 15) is 14.7 Å². The first-order valence-electron chi connectivity index (χ1n) is 8.91. The third-order valence-electron chi connectivity index (χ3n) is 4.46. The van der Waals surface area contributed by atoms with Crippen molar-refractivity contribution in [1.29, 1.82) is 0 Å². The zero-order valence-corrected chi connectivity index (χ0v) is 16.3. The highest BCUT2D eigenvalue weighted by atomic mass is 16.3. The van der Waals surface area contributed by atoms with Crippen LogP contribution in [0, 0.1) is 19.8 Å². The largest absolute Gasteiger partial charge is 0.508 e. The van der Waals surface area contributed by atoms with Gasteiger partial charge < -0.3 is 10.4 Å². The van der Waals surface area contributed by atoms with E-state index in [4.69, 9.17) is 0 Å². The number of hydrogen-bond acceptors (Lipinski definition) is 3. The Morgan fingerprint density at radius 2 is 1.54 bits per heavy atom. The van der Waals surface area contributed by atoms with E-state index in [-0.39, 0.29) is 29.3 Å². The van der Waals surface area contributed by atoms with Crippen molar-refractivity contribution in [1.82, 2.24) is 0 Å². The summed E-state index contributed by atoms with van der Waals surface area (Å²) >= 11 is 0. The van der Waals surface area contributed by atoms with E-state index in [0.717, 1.165) is 16.7 Å². The summed E-state index contributed by atoms with van der Waals surface area (Å²) in [6.07, 6.45) is 0. The zero-order chi connectivity index (χ0) is 19.6. The first-order chi connectivity index (χ1) is 12.1. The van der Waals surface area contributed by atoms with Gasteiger partial charge in [-0.05, 0) is 66.8 Å². The highest BCUT2D eigenvalue weighted by Crippen LogP contribution is 2.29. The van der Waals surface area contributed by atoms with Crippen LogP contribution in [0.15, 0.2) is 30.3 Å². The van der Waals surface area contributed by atoms with E-state index in [0.29, 0.717) is 16.8 Å². The Morgan fingerprint density at radius 3 is 2.04 bits per heavy atom. The van der Waals surface area contributed by atoms with Crippen LogP contribution in [0.3, 0.4) is 0 Å². The summed E-state index contributed by atoms with van der Waals surface area (Å²) in [7, 11) is 0. The minimum absolute atomic E-state index is 0.0528. The minimum atomic E-state index is -0.108. The van der Waals surface area contributed by atoms with E-state index in [2.05, 4.69) is 5.32 Å². The number of nitrogens with one attached hydrogen (secondary N) is 1. The first kappa shape index (κ1) is 19.7. The third kappa shape index (κ3) is 4.13. The number of phenols is 1. The van der Waals surface area contributed by atoms with Crippen molar-refractivity contribution in [2.45, 2.75) is 47.5 Å². The topological polar surface area (TPSA) is 66.4 Å². The summed E-state index contributed by atoms with van der Waals surface area (Å²) in [4.78, 5) is 25.0. The van der Waals surface area contributed by atoms with Gasteiger partial charge in [0.05, 0.1) is 0 Å². The van der Waals surface area contributed by atoms with Crippen molar-refractivity contribution in [3.63, 3.8) is 0 Å². The molecule has 0 aliphatic heterocycles. The summed E-state index contributed by atoms with van der Waals surface area (Å²) in [5, 5.41) is 12.9. The summed E-state index contributed by atoms with van der Waals surface area (Å²) < 4.78 is 0. The van der Waals surface area contributed by atoms with Crippen LogP contribution in [0.1, 0.15) is 66.2 Å². The molecule has 0 radical (unpaired) electrons. The van der Waals surface area contributed by atoms with Gasteiger partial charge in [-0.2, -0.15) is 0 Å². The van der Waals surface area contributed by atoms with Gasteiger partial charge in [0, 0.05) is 22.7 Å². The molecule has 0 aromatic heterocycles. The van der Waals surface area contributed by atoms with Crippen LogP contribution in [-0.2, 0) is 4.79 Å². The predicted octanol–water partition coefficient (Wildman–Crippen LogP) is 4.96. The second-order valence-electron chi connectivity index (χ2n) is 7.39. The van der Waals surface area contributed by atoms with Gasteiger partial charge in [-0.15, -0.1) is 0 Å². The molecule has 4 nitrogen and oxygen atoms in total. The van der Waals surface area contributed by atoms with E-state index in [1.54, 1.807) is 18.2 Å². The van der Waals surface area contributed by atoms with Crippen LogP contribution in [0.2, 0.25) is 0 Å². The number of phenolic OH excluding ortho intramolecular Hbond substituents is 1. The molecule has 2 aromatic rings. The van der Waals surface area contributed by atoms with Gasteiger partial charge in [0.1, 0.15) is 5.75 Å². The van der Waals surface area contributed by atoms with Crippen molar-refractivity contribution in [2.24, 2.45) is 5.92 Å². The van der Waals surface area contributed by atoms with Crippen LogP contribution < -0.4 is 5.32 Å². The normalized spacial score (nSPS) is 11.1. The molecule has 0 saturated heterocycles. The fourth-order valence-electron chi connectivity index (χ4n) is 2.98. The summed E-state index contributed by atoms with van der Waals surface area (Å²) in [6.45, 7) is 11.4. The van der Waals surface area contributed by atoms with E-state index >= 15 is 0 Å². The van der Waals surface area contributed by atoms with Gasteiger partial charge in [-0.25, -0.2) is 0 Å². The fourth-order valence-corrected chi connectivity index (χ4v) is 2.98. The van der Waals surface area contributed by atoms with Crippen LogP contribution >= 0.6 is 0 Å². The average Bonchev–Trinajstić information content (AvgIpc) is 2.53. The Balaban J connectivity index is 2.41. The molecule has 4 heteroatoms. The van der Waals surface area contributed by atoms with Crippen LogP contribution in [-0.4, -0.2) is 16.8 Å². The highest BCUT2D eigenvalue weighted by molar-refractivity contribution is 6.11. The lowest BCUT2D eigenvalue weighted by atomic mass is 9.91. The lowest BCUT2D eigenvalue weighted by molar-refractivity contribution is -0.118. The average molecular weight is 353 g/mol. The maximum absolute atomic E-state index is 13.0. The van der Waals surface area contributed by atoms with Crippen LogP contribution in [0.4, 0.5) is 5.69 Å². The minimum Gasteiger partial charge on any atom is -0.508 e. The number of carbonyl (C=O) groups is 2. The van der Waals surface area contributed by atoms with Crippen LogP contribution in [0.5, 0.6) is 5.75 Å². The SMILES string of the molecule is Cc1cc(NC(=O)C(C)C)cc(C)c1C(=O)c1ccc(O)c(C(C)C)c1. The molecule has 0 unspecified atom stereocenters. The van der Waals surface area contributed by atoms with Gasteiger partial charge in [0.25, 0.3) is 0 Å². The number of carbonyl (C=O) groups excluding carboxylic acids is 2. The Morgan fingerprint density at radius 1 is 0.962 bits per heavy atom. The van der Waals surface area contributed by atoms with Gasteiger partial charge >= 0.3 is 0 Å². The first-order valence-corrected chi connectivity index (χ1v) is 8.91. The maximum Gasteiger partial charge on any atom is 0.226 e. The molecule has 0 heterocycles. The molecular weight excluding hydrogens is 326 g/mol. The van der Waals surface area contributed by atoms with Gasteiger partial charge in [-0.3, -0.25) is 9.59 Å². The number of hydrogen-bond donors (Lipinski definition) is 2. The number of anilines is 1. The smallest absolute Gasteiger partial charge is 0.226 e. The fraction of sp³-hybridized carbons (Fsp3) is 0.364. The molecule has 0 fully saturated rings. The number of ketones is 1. The zero-order valence-electron chi connectivity index (χ0n) is 16.3. The lowest BCUT2D eigenvalue weighted by Crippen LogP contribution is -2.18. The Hall–Kier alpha value is -2.62. The lowest BCUT2D eigenvalue weighted by Gasteiger charge is -2.15. The number of aryl methyl sites for hydroxylation is 2. The van der Waals surface area contributed by atoms with Gasteiger partial charge in [0.2, 0.25) is 5.91 Å². The van der Waals surface area contributed by atoms with Crippen molar-refractivity contribution in [3.8, 4) is 5.75 Å². The molecule has 0 bridgehead atoms. The summed E-state index contributed by atoms with van der Waals surface area (Å²) in [5.74, 6) is 0.0882. The van der Waals surface area contributed by atoms with Crippen molar-refractivity contribution in [2.75, 3.05) is 5.32 Å². The standard InChI is InChI=1S/C22H27NO3/c1-12(2)18-11-16(7-8-19(18)24)21(25)20-14(5)9-17(10-15(20)6)23-22(26)13(3)4/h7-13,24H,1-6H3,(H,23,26). The maximum atomic E-state index is 13.0. The quantitative estimate of drug-likeness (QED) is 0.747. The molecular formula is C22H27NO3. The molecule has 0 spiro atoms. The van der Waals surface area contributed by atoms with E-state index in [1.807, 2.05) is 53.7 Å². The highest BCUT2D eigenvalue weighted by Gasteiger charge is 2.18. The molecule has 2 rings (SSSR count). The van der Waals surface area contributed by atoms with Gasteiger partial charge in [0.15, 0.2) is 5.78 Å². The number of benzene rings is 2. The summed E-state index contributed by atoms with van der Waals surface area (Å²) in [5.41, 5.74) is 4.27. The Kier molecular flexibility index (Phi) is 5.86. The molecule has 0 aliphatic carbocycles. The number of amides is 1. The molecule has 138 valence electrons. The molecule has 0 saturated carbocycles. The van der Waals surface area contributed by atoms with E-state index < -0.39 is 0 Å². The number of rotatable bonds is 5. The number of aromatic hydroxyl groups is 1. The molecule has 2 N–H and O–H groups in total. The second-order valence-corrected chi connectivity index (χ2v) is 7.39. The van der Waals surface area contributed by atoms with Gasteiger partial charge in [-0.1, -0.05) is 27.7 Å². The van der Waals surface area contributed by atoms with Crippen molar-refractivity contribution in [3.05, 3.63) is 58.1 Å². The third-order valence-corrected chi connectivity index (χ3v) is 4.46. The molecule has 0 aliphatic rings. The monoisotopic (exact) mass is 353 g/mol. The molecule has 0 atom stereocenters. The molecule has 2 aromatic carbocycles. The molecule has 1 amide bonds. The Bertz CT molecular complexity index is 827.